The van der Waals surface area contributed by atoms with E-state index in [1.807, 2.05) is 6.92 Å². The van der Waals surface area contributed by atoms with Gasteiger partial charge in [-0.2, -0.15) is 0 Å². The number of carbonyl (C=O) groups is 3. The Labute approximate surface area is 227 Å². The normalized spacial score (nSPS) is 10.7. The van der Waals surface area contributed by atoms with Gasteiger partial charge in [0.25, 0.3) is 17.4 Å². The topological polar surface area (TPSA) is 137 Å². The van der Waals surface area contributed by atoms with Crippen molar-refractivity contribution in [2.75, 3.05) is 32.0 Å². The molecule has 0 radical (unpaired) electrons. The third-order valence-electron chi connectivity index (χ3n) is 5.72. The van der Waals surface area contributed by atoms with E-state index >= 15 is 0 Å². The van der Waals surface area contributed by atoms with Crippen LogP contribution in [0.2, 0.25) is 0 Å². The summed E-state index contributed by atoms with van der Waals surface area (Å²) in [5, 5.41) is 5.44. The number of anilines is 2. The van der Waals surface area contributed by atoms with Crippen LogP contribution < -0.4 is 25.7 Å². The maximum atomic E-state index is 13.6. The van der Waals surface area contributed by atoms with Gasteiger partial charge in [0.15, 0.2) is 4.96 Å². The standard InChI is InChI=1S/C27H26N4O7S/c1-5-6-17-13-21(32)31-22(24(33)30-19-12-11-18(36-2)14-20(19)37-3)23(39-27(31)29-17)25(34)28-16-9-7-15(8-10-16)26(35)38-4/h7-14H,5-6H2,1-4H3,(H,28,34)(H,30,33). The number of aryl methyl sites for hydroxylation is 1. The quantitative estimate of drug-likeness (QED) is 0.298. The molecule has 0 aliphatic carbocycles. The van der Waals surface area contributed by atoms with E-state index in [9.17, 15) is 19.2 Å². The summed E-state index contributed by atoms with van der Waals surface area (Å²) in [6, 6.07) is 12.2. The predicted octanol–water partition coefficient (Wildman–Crippen LogP) is 4.02. The molecule has 0 atom stereocenters. The maximum absolute atomic E-state index is 13.6. The van der Waals surface area contributed by atoms with Gasteiger partial charge in [0.2, 0.25) is 0 Å². The molecule has 0 aliphatic rings. The fraction of sp³-hybridized carbons (Fsp3) is 0.222. The monoisotopic (exact) mass is 550 g/mol. The number of methoxy groups -OCH3 is 3. The molecule has 2 heterocycles. The number of benzene rings is 2. The predicted molar refractivity (Wildman–Crippen MR) is 147 cm³/mol. The lowest BCUT2D eigenvalue weighted by molar-refractivity contribution is 0.0600. The molecule has 2 aromatic carbocycles. The minimum Gasteiger partial charge on any atom is -0.497 e. The largest absolute Gasteiger partial charge is 0.497 e. The van der Waals surface area contributed by atoms with E-state index in [1.54, 1.807) is 18.2 Å². The number of esters is 1. The Morgan fingerprint density at radius 3 is 2.33 bits per heavy atom. The molecule has 0 aliphatic heterocycles. The number of carbonyl (C=O) groups excluding carboxylic acids is 3. The summed E-state index contributed by atoms with van der Waals surface area (Å²) in [6.45, 7) is 1.96. The van der Waals surface area contributed by atoms with Crippen LogP contribution in [0.1, 0.15) is 49.6 Å². The number of amides is 2. The second-order valence-electron chi connectivity index (χ2n) is 8.28. The Bertz CT molecular complexity index is 1610. The number of rotatable bonds is 9. The first-order chi connectivity index (χ1) is 18.8. The summed E-state index contributed by atoms with van der Waals surface area (Å²) in [7, 11) is 4.22. The number of nitrogens with zero attached hydrogens (tertiary/aromatic N) is 2. The van der Waals surface area contributed by atoms with Crippen molar-refractivity contribution >= 4 is 45.5 Å². The van der Waals surface area contributed by atoms with Crippen molar-refractivity contribution in [3.8, 4) is 11.5 Å². The third-order valence-corrected chi connectivity index (χ3v) is 6.76. The first kappa shape index (κ1) is 27.3. The van der Waals surface area contributed by atoms with Crippen LogP contribution in [0.3, 0.4) is 0 Å². The van der Waals surface area contributed by atoms with Crippen molar-refractivity contribution in [2.45, 2.75) is 19.8 Å². The van der Waals surface area contributed by atoms with E-state index < -0.39 is 23.3 Å². The lowest BCUT2D eigenvalue weighted by atomic mass is 10.2. The first-order valence-corrected chi connectivity index (χ1v) is 12.7. The van der Waals surface area contributed by atoms with E-state index in [4.69, 9.17) is 14.2 Å². The zero-order chi connectivity index (χ0) is 28.1. The molecule has 2 N–H and O–H groups in total. The number of aromatic nitrogens is 2. The molecule has 12 heteroatoms. The fourth-order valence-electron chi connectivity index (χ4n) is 3.84. The number of hydrogen-bond acceptors (Lipinski definition) is 9. The van der Waals surface area contributed by atoms with Gasteiger partial charge in [-0.3, -0.25) is 14.4 Å². The molecular weight excluding hydrogens is 524 g/mol. The molecule has 4 aromatic rings. The van der Waals surface area contributed by atoms with E-state index in [1.165, 1.54) is 51.7 Å². The van der Waals surface area contributed by atoms with Crippen LogP contribution in [-0.2, 0) is 11.2 Å². The number of hydrogen-bond donors (Lipinski definition) is 2. The molecular formula is C27H26N4O7S. The Kier molecular flexibility index (Phi) is 8.25. The summed E-state index contributed by atoms with van der Waals surface area (Å²) in [6.07, 6.45) is 1.34. The Morgan fingerprint density at radius 1 is 0.949 bits per heavy atom. The molecule has 2 aromatic heterocycles. The van der Waals surface area contributed by atoms with Crippen molar-refractivity contribution in [3.63, 3.8) is 0 Å². The zero-order valence-electron chi connectivity index (χ0n) is 21.7. The highest BCUT2D eigenvalue weighted by Crippen LogP contribution is 2.31. The van der Waals surface area contributed by atoms with Gasteiger partial charge < -0.3 is 24.8 Å². The molecule has 0 fully saturated rings. The molecule has 0 saturated heterocycles. The van der Waals surface area contributed by atoms with E-state index in [0.717, 1.165) is 22.2 Å². The molecule has 0 unspecified atom stereocenters. The number of nitrogens with one attached hydrogen (secondary N) is 2. The van der Waals surface area contributed by atoms with Gasteiger partial charge in [0, 0.05) is 23.5 Å². The Morgan fingerprint density at radius 2 is 1.69 bits per heavy atom. The minimum atomic E-state index is -0.706. The molecule has 0 saturated carbocycles. The summed E-state index contributed by atoms with van der Waals surface area (Å²) in [5.74, 6) is -0.996. The van der Waals surface area contributed by atoms with Gasteiger partial charge in [0.1, 0.15) is 22.1 Å². The van der Waals surface area contributed by atoms with Gasteiger partial charge in [-0.15, -0.1) is 0 Å². The second kappa shape index (κ2) is 11.8. The Hall–Kier alpha value is -4.71. The average molecular weight is 551 g/mol. The molecule has 11 nitrogen and oxygen atoms in total. The Balaban J connectivity index is 1.76. The van der Waals surface area contributed by atoms with E-state index in [-0.39, 0.29) is 15.5 Å². The van der Waals surface area contributed by atoms with E-state index in [2.05, 4.69) is 15.6 Å². The molecule has 0 spiro atoms. The lowest BCUT2D eigenvalue weighted by Crippen LogP contribution is -2.25. The minimum absolute atomic E-state index is 0.0183. The summed E-state index contributed by atoms with van der Waals surface area (Å²) >= 11 is 0.926. The summed E-state index contributed by atoms with van der Waals surface area (Å²) in [5.41, 5.74) is 0.921. The first-order valence-electron chi connectivity index (χ1n) is 11.9. The average Bonchev–Trinajstić information content (AvgIpc) is 3.34. The fourth-order valence-corrected chi connectivity index (χ4v) is 4.89. The van der Waals surface area contributed by atoms with Crippen LogP contribution in [0, 0.1) is 0 Å². The highest BCUT2D eigenvalue weighted by Gasteiger charge is 2.27. The van der Waals surface area contributed by atoms with Crippen molar-refractivity contribution in [2.24, 2.45) is 0 Å². The van der Waals surface area contributed by atoms with Gasteiger partial charge in [-0.1, -0.05) is 24.7 Å². The highest BCUT2D eigenvalue weighted by atomic mass is 32.1. The number of ether oxygens (including phenoxy) is 3. The maximum Gasteiger partial charge on any atom is 0.337 e. The van der Waals surface area contributed by atoms with Crippen molar-refractivity contribution in [3.05, 3.63) is 80.7 Å². The summed E-state index contributed by atoms with van der Waals surface area (Å²) in [4.78, 5) is 56.5. The molecule has 39 heavy (non-hydrogen) atoms. The van der Waals surface area contributed by atoms with Crippen LogP contribution in [0.4, 0.5) is 11.4 Å². The van der Waals surface area contributed by atoms with Crippen molar-refractivity contribution < 1.29 is 28.6 Å². The second-order valence-corrected chi connectivity index (χ2v) is 9.25. The van der Waals surface area contributed by atoms with E-state index in [0.29, 0.717) is 40.6 Å². The van der Waals surface area contributed by atoms with Gasteiger partial charge >= 0.3 is 5.97 Å². The zero-order valence-corrected chi connectivity index (χ0v) is 22.5. The highest BCUT2D eigenvalue weighted by molar-refractivity contribution is 7.19. The number of fused-ring (bicyclic) bond motifs is 1. The van der Waals surface area contributed by atoms with Crippen LogP contribution >= 0.6 is 11.3 Å². The van der Waals surface area contributed by atoms with Gasteiger partial charge in [-0.25, -0.2) is 14.2 Å². The van der Waals surface area contributed by atoms with Crippen LogP contribution in [0.25, 0.3) is 4.96 Å². The van der Waals surface area contributed by atoms with Crippen LogP contribution in [0.5, 0.6) is 11.5 Å². The molecule has 2 amide bonds. The third kappa shape index (κ3) is 5.75. The van der Waals surface area contributed by atoms with Crippen molar-refractivity contribution in [1.29, 1.82) is 0 Å². The lowest BCUT2D eigenvalue weighted by Gasteiger charge is -2.12. The number of thiazole rings is 1. The SMILES string of the molecule is CCCc1cc(=O)n2c(C(=O)Nc3ccc(OC)cc3OC)c(C(=O)Nc3ccc(C(=O)OC)cc3)sc2n1. The van der Waals surface area contributed by atoms with Gasteiger partial charge in [0.05, 0.1) is 32.6 Å². The molecule has 0 bridgehead atoms. The van der Waals surface area contributed by atoms with Crippen molar-refractivity contribution in [1.82, 2.24) is 9.38 Å². The smallest absolute Gasteiger partial charge is 0.337 e. The summed E-state index contributed by atoms with van der Waals surface area (Å²) < 4.78 is 16.4. The van der Waals surface area contributed by atoms with Crippen LogP contribution in [0.15, 0.2) is 53.3 Å². The van der Waals surface area contributed by atoms with Crippen LogP contribution in [-0.4, -0.2) is 48.5 Å². The van der Waals surface area contributed by atoms with Gasteiger partial charge in [-0.05, 0) is 42.8 Å². The molecule has 202 valence electrons. The molecule has 4 rings (SSSR count).